The van der Waals surface area contributed by atoms with E-state index in [1.165, 1.54) is 82.8 Å². The molecule has 1 aromatic rings. The number of anilines is 1. The molecular formula is C23H40N2O3S. The van der Waals surface area contributed by atoms with E-state index in [-0.39, 0.29) is 4.90 Å². The molecule has 0 atom stereocenters. The third kappa shape index (κ3) is 12.7. The molecule has 1 rings (SSSR count). The van der Waals surface area contributed by atoms with E-state index in [4.69, 9.17) is 0 Å². The van der Waals surface area contributed by atoms with Crippen LogP contribution in [0.5, 0.6) is 0 Å². The number of unbranched alkanes of at least 4 members (excludes halogenated alkanes) is 13. The maximum atomic E-state index is 12.3. The predicted molar refractivity (Wildman–Crippen MR) is 122 cm³/mol. The highest BCUT2D eigenvalue weighted by Crippen LogP contribution is 2.15. The van der Waals surface area contributed by atoms with Crippen LogP contribution in [0.15, 0.2) is 29.2 Å². The highest BCUT2D eigenvalue weighted by Gasteiger charge is 2.13. The minimum absolute atomic E-state index is 0.176. The molecule has 0 saturated heterocycles. The molecule has 0 spiro atoms. The average molecular weight is 425 g/mol. The number of amides is 1. The quantitative estimate of drug-likeness (QED) is 0.211. The Hall–Kier alpha value is -1.40. The van der Waals surface area contributed by atoms with Crippen molar-refractivity contribution in [3.63, 3.8) is 0 Å². The molecule has 1 aromatic carbocycles. The zero-order valence-electron chi connectivity index (χ0n) is 18.1. The second-order valence-corrected chi connectivity index (χ2v) is 9.55. The summed E-state index contributed by atoms with van der Waals surface area (Å²) in [6, 6.07) is 6.26. The molecule has 0 unspecified atom stereocenters. The Morgan fingerprint density at radius 3 is 1.83 bits per heavy atom. The van der Waals surface area contributed by atoms with Gasteiger partial charge in [0.2, 0.25) is 16.4 Å². The smallest absolute Gasteiger partial charge is 0.240 e. The molecule has 2 N–H and O–H groups in total. The van der Waals surface area contributed by atoms with Crippen LogP contribution >= 0.6 is 0 Å². The van der Waals surface area contributed by atoms with Gasteiger partial charge in [-0.2, -0.15) is 0 Å². The van der Waals surface area contributed by atoms with E-state index >= 15 is 0 Å². The van der Waals surface area contributed by atoms with E-state index in [1.54, 1.807) is 12.1 Å². The van der Waals surface area contributed by atoms with Crippen LogP contribution in [0, 0.1) is 0 Å². The Bertz CT molecular complexity index is 647. The van der Waals surface area contributed by atoms with Gasteiger partial charge in [-0.1, -0.05) is 96.5 Å². The average Bonchev–Trinajstić information content (AvgIpc) is 2.71. The molecule has 5 nitrogen and oxygen atoms in total. The molecule has 0 heterocycles. The van der Waals surface area contributed by atoms with E-state index < -0.39 is 10.0 Å². The number of sulfonamides is 1. The van der Waals surface area contributed by atoms with Gasteiger partial charge in [-0.3, -0.25) is 4.79 Å². The summed E-state index contributed by atoms with van der Waals surface area (Å²) in [5.41, 5.74) is 0.472. The standard InChI is InChI=1S/C23H40N2O3S/c1-2-3-4-5-6-7-8-9-10-11-12-13-14-15-19-25-29(27,28)23-18-16-17-22(20-23)24-21-26/h16-18,20-21,25H,2-15,19H2,1H3,(H,24,26). The summed E-state index contributed by atoms with van der Waals surface area (Å²) in [5, 5.41) is 2.47. The lowest BCUT2D eigenvalue weighted by Gasteiger charge is -2.08. The van der Waals surface area contributed by atoms with Gasteiger partial charge in [-0.15, -0.1) is 0 Å². The molecule has 0 aliphatic carbocycles. The fourth-order valence-electron chi connectivity index (χ4n) is 3.43. The van der Waals surface area contributed by atoms with Crippen LogP contribution in [0.25, 0.3) is 0 Å². The van der Waals surface area contributed by atoms with Crippen molar-refractivity contribution in [2.45, 2.75) is 102 Å². The summed E-state index contributed by atoms with van der Waals surface area (Å²) in [4.78, 5) is 10.7. The molecule has 0 saturated carbocycles. The highest BCUT2D eigenvalue weighted by atomic mass is 32.2. The van der Waals surface area contributed by atoms with E-state index in [2.05, 4.69) is 17.0 Å². The minimum Gasteiger partial charge on any atom is -0.329 e. The van der Waals surface area contributed by atoms with Gasteiger partial charge in [-0.25, -0.2) is 13.1 Å². The number of carbonyl (C=O) groups excluding carboxylic acids is 1. The first-order chi connectivity index (χ1) is 14.1. The second-order valence-electron chi connectivity index (χ2n) is 7.78. The molecule has 6 heteroatoms. The Morgan fingerprint density at radius 1 is 0.793 bits per heavy atom. The fourth-order valence-corrected chi connectivity index (χ4v) is 4.55. The Morgan fingerprint density at radius 2 is 1.31 bits per heavy atom. The first-order valence-electron chi connectivity index (χ1n) is 11.4. The normalized spacial score (nSPS) is 11.5. The third-order valence-corrected chi connectivity index (χ3v) is 6.65. The van der Waals surface area contributed by atoms with Gasteiger partial charge in [0.1, 0.15) is 0 Å². The lowest BCUT2D eigenvalue weighted by molar-refractivity contribution is -0.105. The van der Waals surface area contributed by atoms with E-state index in [0.29, 0.717) is 18.6 Å². The molecule has 0 bridgehead atoms. The lowest BCUT2D eigenvalue weighted by Crippen LogP contribution is -2.24. The number of nitrogens with one attached hydrogen (secondary N) is 2. The molecule has 0 aliphatic heterocycles. The van der Waals surface area contributed by atoms with Crippen LogP contribution in [0.2, 0.25) is 0 Å². The van der Waals surface area contributed by atoms with Crippen molar-refractivity contribution in [2.24, 2.45) is 0 Å². The number of hydrogen-bond acceptors (Lipinski definition) is 3. The molecule has 0 radical (unpaired) electrons. The van der Waals surface area contributed by atoms with Crippen molar-refractivity contribution < 1.29 is 13.2 Å². The zero-order chi connectivity index (χ0) is 21.2. The van der Waals surface area contributed by atoms with Gasteiger partial charge in [0.15, 0.2) is 0 Å². The van der Waals surface area contributed by atoms with Gasteiger partial charge in [0.25, 0.3) is 0 Å². The molecular weight excluding hydrogens is 384 g/mol. The van der Waals surface area contributed by atoms with Gasteiger partial charge >= 0.3 is 0 Å². The minimum atomic E-state index is -3.52. The SMILES string of the molecule is CCCCCCCCCCCCCCCCNS(=O)(=O)c1cccc(NC=O)c1. The number of carbonyl (C=O) groups is 1. The molecule has 0 aliphatic rings. The molecule has 1 amide bonds. The maximum Gasteiger partial charge on any atom is 0.240 e. The van der Waals surface area contributed by atoms with Crippen molar-refractivity contribution in [1.29, 1.82) is 0 Å². The van der Waals surface area contributed by atoms with Crippen molar-refractivity contribution in [1.82, 2.24) is 4.72 Å². The van der Waals surface area contributed by atoms with Gasteiger partial charge in [-0.05, 0) is 24.6 Å². The van der Waals surface area contributed by atoms with Crippen LogP contribution in [0.4, 0.5) is 5.69 Å². The van der Waals surface area contributed by atoms with Crippen molar-refractivity contribution >= 4 is 22.1 Å². The monoisotopic (exact) mass is 424 g/mol. The molecule has 0 fully saturated rings. The fraction of sp³-hybridized carbons (Fsp3) is 0.696. The summed E-state index contributed by atoms with van der Waals surface area (Å²) in [6.07, 6.45) is 18.5. The highest BCUT2D eigenvalue weighted by molar-refractivity contribution is 7.89. The number of benzene rings is 1. The van der Waals surface area contributed by atoms with Crippen molar-refractivity contribution in [3.05, 3.63) is 24.3 Å². The Kier molecular flexibility index (Phi) is 14.5. The lowest BCUT2D eigenvalue weighted by atomic mass is 10.0. The molecule has 166 valence electrons. The third-order valence-electron chi connectivity index (χ3n) is 5.19. The molecule has 29 heavy (non-hydrogen) atoms. The van der Waals surface area contributed by atoms with Gasteiger partial charge in [0, 0.05) is 12.2 Å². The van der Waals surface area contributed by atoms with E-state index in [0.717, 1.165) is 19.3 Å². The van der Waals surface area contributed by atoms with E-state index in [9.17, 15) is 13.2 Å². The Labute approximate surface area is 178 Å². The summed E-state index contributed by atoms with van der Waals surface area (Å²) >= 11 is 0. The topological polar surface area (TPSA) is 75.3 Å². The summed E-state index contributed by atoms with van der Waals surface area (Å²) in [6.45, 7) is 2.71. The largest absolute Gasteiger partial charge is 0.329 e. The second kappa shape index (κ2) is 16.4. The van der Waals surface area contributed by atoms with E-state index in [1.807, 2.05) is 0 Å². The number of rotatable bonds is 19. The van der Waals surface area contributed by atoms with Crippen molar-refractivity contribution in [3.8, 4) is 0 Å². The van der Waals surface area contributed by atoms with Crippen LogP contribution in [-0.4, -0.2) is 21.4 Å². The maximum absolute atomic E-state index is 12.3. The predicted octanol–water partition coefficient (Wildman–Crippen LogP) is 6.01. The van der Waals surface area contributed by atoms with Gasteiger partial charge < -0.3 is 5.32 Å². The summed E-state index contributed by atoms with van der Waals surface area (Å²) in [5.74, 6) is 0. The Balaban J connectivity index is 2.00. The first-order valence-corrected chi connectivity index (χ1v) is 12.9. The molecule has 0 aromatic heterocycles. The van der Waals surface area contributed by atoms with Crippen LogP contribution in [0.1, 0.15) is 96.8 Å². The van der Waals surface area contributed by atoms with Crippen LogP contribution < -0.4 is 10.0 Å². The summed E-state index contributed by atoms with van der Waals surface area (Å²) < 4.78 is 27.2. The zero-order valence-corrected chi connectivity index (χ0v) is 18.9. The van der Waals surface area contributed by atoms with Gasteiger partial charge in [0.05, 0.1) is 4.90 Å². The summed E-state index contributed by atoms with van der Waals surface area (Å²) in [7, 11) is -3.52. The van der Waals surface area contributed by atoms with Crippen LogP contribution in [0.3, 0.4) is 0 Å². The first kappa shape index (κ1) is 25.6. The van der Waals surface area contributed by atoms with Crippen LogP contribution in [-0.2, 0) is 14.8 Å². The van der Waals surface area contributed by atoms with Crippen molar-refractivity contribution in [2.75, 3.05) is 11.9 Å². The number of hydrogen-bond donors (Lipinski definition) is 2.